The maximum Gasteiger partial charge on any atom is 0.407 e. The van der Waals surface area contributed by atoms with E-state index in [2.05, 4.69) is 10.6 Å². The van der Waals surface area contributed by atoms with Gasteiger partial charge in [-0.25, -0.2) is 4.79 Å². The van der Waals surface area contributed by atoms with Crippen molar-refractivity contribution in [2.24, 2.45) is 0 Å². The van der Waals surface area contributed by atoms with Crippen LogP contribution in [0.25, 0.3) is 0 Å². The maximum atomic E-state index is 11.3. The summed E-state index contributed by atoms with van der Waals surface area (Å²) in [6.07, 6.45) is 2.90. The first-order valence-electron chi connectivity index (χ1n) is 6.75. The minimum atomic E-state index is -0.436. The monoisotopic (exact) mass is 258 g/mol. The molecule has 1 fully saturated rings. The lowest BCUT2D eigenvalue weighted by Gasteiger charge is -2.19. The van der Waals surface area contributed by atoms with E-state index in [1.807, 2.05) is 20.8 Å². The molecule has 1 aliphatic rings. The predicted octanol–water partition coefficient (Wildman–Crippen LogP) is 1.67. The fraction of sp³-hybridized carbons (Fsp3) is 0.923. The van der Waals surface area contributed by atoms with E-state index < -0.39 is 5.60 Å². The van der Waals surface area contributed by atoms with Gasteiger partial charge in [-0.05, 0) is 46.6 Å². The average Bonchev–Trinajstić information content (AvgIpc) is 2.73. The van der Waals surface area contributed by atoms with Gasteiger partial charge in [-0.15, -0.1) is 0 Å². The third kappa shape index (κ3) is 7.50. The van der Waals surface area contributed by atoms with Crippen LogP contribution in [0.2, 0.25) is 0 Å². The molecule has 0 aliphatic carbocycles. The fourth-order valence-electron chi connectivity index (χ4n) is 1.80. The van der Waals surface area contributed by atoms with Crippen LogP contribution in [-0.4, -0.2) is 44.0 Å². The first-order valence-corrected chi connectivity index (χ1v) is 6.75. The Kier molecular flexibility index (Phi) is 6.43. The van der Waals surface area contributed by atoms with Gasteiger partial charge in [0.25, 0.3) is 0 Å². The van der Waals surface area contributed by atoms with Crippen LogP contribution in [0.3, 0.4) is 0 Å². The van der Waals surface area contributed by atoms with Gasteiger partial charge in [0.15, 0.2) is 0 Å². The minimum Gasteiger partial charge on any atom is -0.444 e. The van der Waals surface area contributed by atoms with Crippen LogP contribution in [0.4, 0.5) is 4.79 Å². The average molecular weight is 258 g/mol. The molecule has 1 aliphatic heterocycles. The van der Waals surface area contributed by atoms with Gasteiger partial charge in [-0.1, -0.05) is 0 Å². The molecule has 1 heterocycles. The van der Waals surface area contributed by atoms with Crippen LogP contribution in [-0.2, 0) is 9.47 Å². The number of rotatable bonds is 6. The smallest absolute Gasteiger partial charge is 0.407 e. The molecule has 2 N–H and O–H groups in total. The molecular weight excluding hydrogens is 232 g/mol. The largest absolute Gasteiger partial charge is 0.444 e. The SMILES string of the molecule is CC(C)(C)OC(=O)NCCCOCC1CCCN1. The maximum absolute atomic E-state index is 11.3. The Balaban J connectivity index is 1.90. The molecule has 0 saturated carbocycles. The summed E-state index contributed by atoms with van der Waals surface area (Å²) in [5, 5.41) is 6.09. The van der Waals surface area contributed by atoms with E-state index in [-0.39, 0.29) is 6.09 Å². The first-order chi connectivity index (χ1) is 8.47. The summed E-state index contributed by atoms with van der Waals surface area (Å²) in [6, 6.07) is 0.517. The van der Waals surface area contributed by atoms with Crippen molar-refractivity contribution in [1.29, 1.82) is 0 Å². The van der Waals surface area contributed by atoms with E-state index in [1.54, 1.807) is 0 Å². The lowest BCUT2D eigenvalue weighted by Crippen LogP contribution is -2.33. The Labute approximate surface area is 110 Å². The van der Waals surface area contributed by atoms with Crippen molar-refractivity contribution in [1.82, 2.24) is 10.6 Å². The summed E-state index contributed by atoms with van der Waals surface area (Å²) < 4.78 is 10.7. The zero-order chi connectivity index (χ0) is 13.4. The highest BCUT2D eigenvalue weighted by Gasteiger charge is 2.15. The van der Waals surface area contributed by atoms with Crippen molar-refractivity contribution in [3.8, 4) is 0 Å². The summed E-state index contributed by atoms with van der Waals surface area (Å²) in [5.74, 6) is 0. The molecule has 0 aromatic rings. The molecule has 5 nitrogen and oxygen atoms in total. The molecule has 106 valence electrons. The summed E-state index contributed by atoms with van der Waals surface area (Å²) in [4.78, 5) is 11.3. The fourth-order valence-corrected chi connectivity index (χ4v) is 1.80. The van der Waals surface area contributed by atoms with E-state index in [0.717, 1.165) is 19.6 Å². The second kappa shape index (κ2) is 7.59. The normalized spacial score (nSPS) is 19.8. The first kappa shape index (κ1) is 15.2. The minimum absolute atomic E-state index is 0.361. The molecule has 0 aromatic heterocycles. The molecule has 0 aromatic carbocycles. The van der Waals surface area contributed by atoms with E-state index >= 15 is 0 Å². The molecule has 1 amide bonds. The number of nitrogens with one attached hydrogen (secondary N) is 2. The third-order valence-electron chi connectivity index (χ3n) is 2.62. The molecule has 1 rings (SSSR count). The van der Waals surface area contributed by atoms with Crippen molar-refractivity contribution in [3.05, 3.63) is 0 Å². The van der Waals surface area contributed by atoms with Crippen LogP contribution >= 0.6 is 0 Å². The van der Waals surface area contributed by atoms with Gasteiger partial charge in [-0.2, -0.15) is 0 Å². The van der Waals surface area contributed by atoms with Crippen LogP contribution in [0.5, 0.6) is 0 Å². The molecule has 1 unspecified atom stereocenters. The summed E-state index contributed by atoms with van der Waals surface area (Å²) in [7, 11) is 0. The molecule has 0 bridgehead atoms. The number of hydrogen-bond acceptors (Lipinski definition) is 4. The summed E-state index contributed by atoms with van der Waals surface area (Å²) in [5.41, 5.74) is -0.436. The van der Waals surface area contributed by atoms with Gasteiger partial charge in [0.1, 0.15) is 5.60 Å². The van der Waals surface area contributed by atoms with Gasteiger partial charge < -0.3 is 20.1 Å². The number of ether oxygens (including phenoxy) is 2. The van der Waals surface area contributed by atoms with Crippen LogP contribution in [0, 0.1) is 0 Å². The van der Waals surface area contributed by atoms with E-state index in [0.29, 0.717) is 19.2 Å². The Bertz CT molecular complexity index is 245. The molecule has 5 heteroatoms. The topological polar surface area (TPSA) is 59.6 Å². The lowest BCUT2D eigenvalue weighted by atomic mass is 10.2. The predicted molar refractivity (Wildman–Crippen MR) is 70.7 cm³/mol. The van der Waals surface area contributed by atoms with E-state index in [9.17, 15) is 4.79 Å². The van der Waals surface area contributed by atoms with Crippen molar-refractivity contribution in [2.75, 3.05) is 26.3 Å². The lowest BCUT2D eigenvalue weighted by molar-refractivity contribution is 0.0518. The van der Waals surface area contributed by atoms with Gasteiger partial charge >= 0.3 is 6.09 Å². The quantitative estimate of drug-likeness (QED) is 0.712. The molecule has 18 heavy (non-hydrogen) atoms. The zero-order valence-electron chi connectivity index (χ0n) is 11.8. The van der Waals surface area contributed by atoms with Crippen LogP contribution in [0.1, 0.15) is 40.0 Å². The molecular formula is C13H26N2O3. The van der Waals surface area contributed by atoms with Crippen molar-refractivity contribution in [2.45, 2.75) is 51.7 Å². The zero-order valence-corrected chi connectivity index (χ0v) is 11.8. The van der Waals surface area contributed by atoms with Crippen molar-refractivity contribution >= 4 is 6.09 Å². The van der Waals surface area contributed by atoms with E-state index in [4.69, 9.17) is 9.47 Å². The second-order valence-corrected chi connectivity index (χ2v) is 5.65. The van der Waals surface area contributed by atoms with Crippen molar-refractivity contribution < 1.29 is 14.3 Å². The van der Waals surface area contributed by atoms with Crippen LogP contribution in [0.15, 0.2) is 0 Å². The van der Waals surface area contributed by atoms with Crippen molar-refractivity contribution in [3.63, 3.8) is 0 Å². The Morgan fingerprint density at radius 2 is 2.22 bits per heavy atom. The standard InChI is InChI=1S/C13H26N2O3/c1-13(2,3)18-12(16)15-8-5-9-17-10-11-6-4-7-14-11/h11,14H,4-10H2,1-3H3,(H,15,16). The number of alkyl carbamates (subject to hydrolysis) is 1. The number of carbonyl (C=O) groups excluding carboxylic acids is 1. The molecule has 1 saturated heterocycles. The Morgan fingerprint density at radius 3 is 2.83 bits per heavy atom. The second-order valence-electron chi connectivity index (χ2n) is 5.65. The number of carbonyl (C=O) groups is 1. The van der Waals surface area contributed by atoms with E-state index in [1.165, 1.54) is 12.8 Å². The highest BCUT2D eigenvalue weighted by Crippen LogP contribution is 2.06. The molecule has 1 atom stereocenters. The van der Waals surface area contributed by atoms with Gasteiger partial charge in [-0.3, -0.25) is 0 Å². The van der Waals surface area contributed by atoms with Crippen LogP contribution < -0.4 is 10.6 Å². The highest BCUT2D eigenvalue weighted by atomic mass is 16.6. The van der Waals surface area contributed by atoms with Gasteiger partial charge in [0.05, 0.1) is 6.61 Å². The number of amides is 1. The Hall–Kier alpha value is -0.810. The third-order valence-corrected chi connectivity index (χ3v) is 2.62. The summed E-state index contributed by atoms with van der Waals surface area (Å²) in [6.45, 7) is 8.69. The van der Waals surface area contributed by atoms with Gasteiger partial charge in [0.2, 0.25) is 0 Å². The number of hydrogen-bond donors (Lipinski definition) is 2. The summed E-state index contributed by atoms with van der Waals surface area (Å²) >= 11 is 0. The molecule has 0 radical (unpaired) electrons. The molecule has 0 spiro atoms. The highest BCUT2D eigenvalue weighted by molar-refractivity contribution is 5.67. The van der Waals surface area contributed by atoms with Gasteiger partial charge in [0, 0.05) is 19.2 Å². The Morgan fingerprint density at radius 1 is 1.44 bits per heavy atom.